The van der Waals surface area contributed by atoms with Gasteiger partial charge in [-0.1, -0.05) is 0 Å². The number of rotatable bonds is 3. The fourth-order valence-electron chi connectivity index (χ4n) is 1.40. The van der Waals surface area contributed by atoms with E-state index in [1.165, 1.54) is 17.3 Å². The van der Waals surface area contributed by atoms with Gasteiger partial charge in [-0.25, -0.2) is 9.67 Å². The number of amides is 1. The average molecular weight is 231 g/mol. The summed E-state index contributed by atoms with van der Waals surface area (Å²) in [6, 6.07) is 7.12. The van der Waals surface area contributed by atoms with Crippen LogP contribution in [0.25, 0.3) is 0 Å². The second-order valence-electron chi connectivity index (χ2n) is 3.64. The molecule has 0 unspecified atom stereocenters. The molecule has 0 aliphatic heterocycles. The van der Waals surface area contributed by atoms with Crippen molar-refractivity contribution in [3.63, 3.8) is 0 Å². The summed E-state index contributed by atoms with van der Waals surface area (Å²) in [4.78, 5) is 17.2. The van der Waals surface area contributed by atoms with E-state index in [2.05, 4.69) is 10.1 Å². The van der Waals surface area contributed by atoms with Crippen molar-refractivity contribution in [3.05, 3.63) is 36.9 Å². The highest BCUT2D eigenvalue weighted by Crippen LogP contribution is 2.14. The third kappa shape index (κ3) is 2.60. The minimum Gasteiger partial charge on any atom is -0.399 e. The fourth-order valence-corrected chi connectivity index (χ4v) is 1.40. The minimum atomic E-state index is -0.0692. The molecular weight excluding hydrogens is 218 g/mol. The van der Waals surface area contributed by atoms with Crippen LogP contribution in [0.4, 0.5) is 11.4 Å². The van der Waals surface area contributed by atoms with Crippen LogP contribution in [-0.4, -0.2) is 27.7 Å². The van der Waals surface area contributed by atoms with Crippen LogP contribution in [0, 0.1) is 0 Å². The third-order valence-corrected chi connectivity index (χ3v) is 2.42. The molecule has 0 aliphatic rings. The van der Waals surface area contributed by atoms with Crippen LogP contribution in [0.5, 0.6) is 0 Å². The molecule has 2 N–H and O–H groups in total. The predicted molar refractivity (Wildman–Crippen MR) is 64.3 cm³/mol. The Morgan fingerprint density at radius 1 is 1.41 bits per heavy atom. The maximum Gasteiger partial charge on any atom is 0.248 e. The Kier molecular flexibility index (Phi) is 3.04. The Balaban J connectivity index is 2.07. The van der Waals surface area contributed by atoms with Crippen molar-refractivity contribution in [1.82, 2.24) is 14.8 Å². The molecular formula is C11H13N5O. The Morgan fingerprint density at radius 3 is 2.71 bits per heavy atom. The SMILES string of the molecule is CN(C(=O)Cn1cncn1)c1ccc(N)cc1. The maximum atomic E-state index is 11.9. The zero-order valence-corrected chi connectivity index (χ0v) is 9.45. The lowest BCUT2D eigenvalue weighted by molar-refractivity contribution is -0.119. The van der Waals surface area contributed by atoms with Crippen molar-refractivity contribution in [3.8, 4) is 0 Å². The number of anilines is 2. The monoisotopic (exact) mass is 231 g/mol. The number of carbonyl (C=O) groups excluding carboxylic acids is 1. The van der Waals surface area contributed by atoms with E-state index in [0.717, 1.165) is 5.69 Å². The van der Waals surface area contributed by atoms with Gasteiger partial charge in [-0.15, -0.1) is 0 Å². The van der Waals surface area contributed by atoms with Crippen LogP contribution >= 0.6 is 0 Å². The highest BCUT2D eigenvalue weighted by molar-refractivity contribution is 5.92. The van der Waals surface area contributed by atoms with Crippen LogP contribution in [0.2, 0.25) is 0 Å². The summed E-state index contributed by atoms with van der Waals surface area (Å²) in [7, 11) is 1.71. The summed E-state index contributed by atoms with van der Waals surface area (Å²) in [5, 5.41) is 3.88. The number of carbonyl (C=O) groups is 1. The first-order valence-corrected chi connectivity index (χ1v) is 5.11. The lowest BCUT2D eigenvalue weighted by Gasteiger charge is -2.17. The van der Waals surface area contributed by atoms with Gasteiger partial charge in [-0.2, -0.15) is 5.10 Å². The average Bonchev–Trinajstić information content (AvgIpc) is 2.82. The van der Waals surface area contributed by atoms with Gasteiger partial charge in [-0.3, -0.25) is 4.79 Å². The van der Waals surface area contributed by atoms with Crippen LogP contribution in [0.1, 0.15) is 0 Å². The van der Waals surface area contributed by atoms with Gasteiger partial charge in [0.1, 0.15) is 19.2 Å². The van der Waals surface area contributed by atoms with Crippen LogP contribution in [0.15, 0.2) is 36.9 Å². The van der Waals surface area contributed by atoms with Crippen molar-refractivity contribution < 1.29 is 4.79 Å². The molecule has 0 bridgehead atoms. The molecule has 17 heavy (non-hydrogen) atoms. The van der Waals surface area contributed by atoms with Gasteiger partial charge < -0.3 is 10.6 Å². The predicted octanol–water partition coefficient (Wildman–Crippen LogP) is 0.523. The summed E-state index contributed by atoms with van der Waals surface area (Å²) < 4.78 is 1.48. The van der Waals surface area contributed by atoms with Gasteiger partial charge in [0, 0.05) is 18.4 Å². The molecule has 0 saturated carbocycles. The molecule has 0 saturated heterocycles. The fraction of sp³-hybridized carbons (Fsp3) is 0.182. The smallest absolute Gasteiger partial charge is 0.248 e. The summed E-state index contributed by atoms with van der Waals surface area (Å²) in [6.45, 7) is 0.168. The van der Waals surface area contributed by atoms with E-state index in [1.54, 1.807) is 36.2 Å². The molecule has 1 aromatic heterocycles. The molecule has 2 aromatic rings. The first-order chi connectivity index (χ1) is 8.16. The van der Waals surface area contributed by atoms with Crippen molar-refractivity contribution in [1.29, 1.82) is 0 Å². The number of aromatic nitrogens is 3. The number of likely N-dealkylation sites (N-methyl/N-ethyl adjacent to an activating group) is 1. The summed E-state index contributed by atoms with van der Waals surface area (Å²) >= 11 is 0. The molecule has 0 spiro atoms. The van der Waals surface area contributed by atoms with Gasteiger partial charge in [0.05, 0.1) is 0 Å². The summed E-state index contributed by atoms with van der Waals surface area (Å²) in [5.74, 6) is -0.0692. The molecule has 88 valence electrons. The number of hydrogen-bond donors (Lipinski definition) is 1. The van der Waals surface area contributed by atoms with Crippen LogP contribution in [-0.2, 0) is 11.3 Å². The molecule has 0 fully saturated rings. The Hall–Kier alpha value is -2.37. The van der Waals surface area contributed by atoms with Gasteiger partial charge in [0.25, 0.3) is 0 Å². The lowest BCUT2D eigenvalue weighted by Crippen LogP contribution is -2.30. The van der Waals surface area contributed by atoms with E-state index >= 15 is 0 Å². The van der Waals surface area contributed by atoms with Gasteiger partial charge >= 0.3 is 0 Å². The van der Waals surface area contributed by atoms with Crippen molar-refractivity contribution in [2.45, 2.75) is 6.54 Å². The maximum absolute atomic E-state index is 11.9. The second-order valence-corrected chi connectivity index (χ2v) is 3.64. The standard InChI is InChI=1S/C11H13N5O/c1-15(10-4-2-9(12)3-5-10)11(17)6-16-8-13-7-14-16/h2-5,7-8H,6,12H2,1H3. The molecule has 0 aliphatic carbocycles. The van der Waals surface area contributed by atoms with E-state index in [0.29, 0.717) is 5.69 Å². The van der Waals surface area contributed by atoms with Gasteiger partial charge in [0.2, 0.25) is 5.91 Å². The van der Waals surface area contributed by atoms with E-state index in [-0.39, 0.29) is 12.5 Å². The minimum absolute atomic E-state index is 0.0692. The summed E-state index contributed by atoms with van der Waals surface area (Å²) in [5.41, 5.74) is 7.05. The highest BCUT2D eigenvalue weighted by Gasteiger charge is 2.11. The summed E-state index contributed by atoms with van der Waals surface area (Å²) in [6.07, 6.45) is 2.91. The Morgan fingerprint density at radius 2 is 2.12 bits per heavy atom. The van der Waals surface area contributed by atoms with Crippen molar-refractivity contribution in [2.24, 2.45) is 0 Å². The van der Waals surface area contributed by atoms with E-state index in [9.17, 15) is 4.79 Å². The number of hydrogen-bond acceptors (Lipinski definition) is 4. The molecule has 6 heteroatoms. The second kappa shape index (κ2) is 4.65. The molecule has 1 aromatic carbocycles. The molecule has 0 atom stereocenters. The van der Waals surface area contributed by atoms with Crippen LogP contribution in [0.3, 0.4) is 0 Å². The molecule has 0 radical (unpaired) electrons. The Labute approximate surface area is 98.7 Å². The zero-order valence-electron chi connectivity index (χ0n) is 9.45. The van der Waals surface area contributed by atoms with Crippen molar-refractivity contribution >= 4 is 17.3 Å². The Bertz CT molecular complexity index is 491. The van der Waals surface area contributed by atoms with E-state index in [1.807, 2.05) is 0 Å². The van der Waals surface area contributed by atoms with Gasteiger partial charge in [0.15, 0.2) is 0 Å². The number of nitrogens with zero attached hydrogens (tertiary/aromatic N) is 4. The normalized spacial score (nSPS) is 10.2. The van der Waals surface area contributed by atoms with Gasteiger partial charge in [-0.05, 0) is 24.3 Å². The number of benzene rings is 1. The third-order valence-electron chi connectivity index (χ3n) is 2.42. The molecule has 6 nitrogen and oxygen atoms in total. The van der Waals surface area contributed by atoms with E-state index < -0.39 is 0 Å². The molecule has 1 heterocycles. The number of nitrogens with two attached hydrogens (primary N) is 1. The largest absolute Gasteiger partial charge is 0.399 e. The van der Waals surface area contributed by atoms with Crippen LogP contribution < -0.4 is 10.6 Å². The van der Waals surface area contributed by atoms with E-state index in [4.69, 9.17) is 5.73 Å². The van der Waals surface area contributed by atoms with Crippen molar-refractivity contribution in [2.75, 3.05) is 17.7 Å². The molecule has 2 rings (SSSR count). The topological polar surface area (TPSA) is 77.0 Å². The zero-order chi connectivity index (χ0) is 12.3. The first kappa shape index (κ1) is 11.1. The highest BCUT2D eigenvalue weighted by atomic mass is 16.2. The number of nitrogen functional groups attached to an aromatic ring is 1. The lowest BCUT2D eigenvalue weighted by atomic mass is 10.2. The molecule has 1 amide bonds. The quantitative estimate of drug-likeness (QED) is 0.781. The first-order valence-electron chi connectivity index (χ1n) is 5.11.